The van der Waals surface area contributed by atoms with Crippen LogP contribution < -0.4 is 4.74 Å². The van der Waals surface area contributed by atoms with E-state index in [2.05, 4.69) is 22.6 Å². The first-order valence-electron chi connectivity index (χ1n) is 4.54. The van der Waals surface area contributed by atoms with Crippen LogP contribution in [0.25, 0.3) is 0 Å². The maximum Gasteiger partial charge on any atom is 0.222 e. The van der Waals surface area contributed by atoms with Crippen molar-refractivity contribution in [2.45, 2.75) is 5.75 Å². The van der Waals surface area contributed by atoms with Crippen molar-refractivity contribution in [3.8, 4) is 11.6 Å². The summed E-state index contributed by atoms with van der Waals surface area (Å²) in [6.45, 7) is 0. The second-order valence-corrected chi connectivity index (χ2v) is 3.20. The number of benzene rings is 1. The number of nitrogens with zero attached hydrogens (tertiary/aromatic N) is 2. The van der Waals surface area contributed by atoms with Crippen LogP contribution in [-0.2, 0) is 5.75 Å². The van der Waals surface area contributed by atoms with Crippen molar-refractivity contribution in [2.75, 3.05) is 0 Å². The van der Waals surface area contributed by atoms with Gasteiger partial charge < -0.3 is 4.74 Å². The van der Waals surface area contributed by atoms with Gasteiger partial charge in [0.25, 0.3) is 0 Å². The SMILES string of the molecule is SCc1nccc(Oc2ccccc2)n1. The summed E-state index contributed by atoms with van der Waals surface area (Å²) in [5.41, 5.74) is 0. The lowest BCUT2D eigenvalue weighted by atomic mass is 10.3. The highest BCUT2D eigenvalue weighted by Gasteiger charge is 1.99. The van der Waals surface area contributed by atoms with Gasteiger partial charge in [0.1, 0.15) is 11.6 Å². The van der Waals surface area contributed by atoms with Gasteiger partial charge in [0.15, 0.2) is 0 Å². The molecule has 2 rings (SSSR count). The maximum atomic E-state index is 5.54. The molecule has 0 radical (unpaired) electrons. The second kappa shape index (κ2) is 4.79. The summed E-state index contributed by atoms with van der Waals surface area (Å²) >= 11 is 4.10. The summed E-state index contributed by atoms with van der Waals surface area (Å²) in [5.74, 6) is 2.47. The van der Waals surface area contributed by atoms with Crippen LogP contribution in [0.2, 0.25) is 0 Å². The number of aromatic nitrogens is 2. The number of hydrogen-bond donors (Lipinski definition) is 1. The zero-order valence-electron chi connectivity index (χ0n) is 8.00. The van der Waals surface area contributed by atoms with Crippen LogP contribution in [0.1, 0.15) is 5.82 Å². The predicted octanol–water partition coefficient (Wildman–Crippen LogP) is 2.70. The number of rotatable bonds is 3. The Hall–Kier alpha value is -1.55. The van der Waals surface area contributed by atoms with Gasteiger partial charge in [-0.3, -0.25) is 0 Å². The van der Waals surface area contributed by atoms with Crippen molar-refractivity contribution >= 4 is 12.6 Å². The van der Waals surface area contributed by atoms with Crippen molar-refractivity contribution in [3.05, 3.63) is 48.4 Å². The van der Waals surface area contributed by atoms with E-state index in [9.17, 15) is 0 Å². The van der Waals surface area contributed by atoms with E-state index in [1.54, 1.807) is 12.3 Å². The van der Waals surface area contributed by atoms with Gasteiger partial charge in [-0.2, -0.15) is 17.6 Å². The molecule has 0 fully saturated rings. The zero-order chi connectivity index (χ0) is 10.5. The average molecular weight is 218 g/mol. The van der Waals surface area contributed by atoms with Gasteiger partial charge in [-0.05, 0) is 12.1 Å². The highest BCUT2D eigenvalue weighted by Crippen LogP contribution is 2.17. The first kappa shape index (κ1) is 9.98. The zero-order valence-corrected chi connectivity index (χ0v) is 8.89. The van der Waals surface area contributed by atoms with Crippen molar-refractivity contribution in [1.82, 2.24) is 9.97 Å². The van der Waals surface area contributed by atoms with Gasteiger partial charge >= 0.3 is 0 Å². The molecule has 0 N–H and O–H groups in total. The van der Waals surface area contributed by atoms with E-state index in [-0.39, 0.29) is 0 Å². The third-order valence-electron chi connectivity index (χ3n) is 1.79. The molecule has 0 saturated heterocycles. The molecule has 0 aliphatic carbocycles. The van der Waals surface area contributed by atoms with Gasteiger partial charge in [0, 0.05) is 12.3 Å². The Morgan fingerprint density at radius 1 is 1.13 bits per heavy atom. The Morgan fingerprint density at radius 2 is 1.93 bits per heavy atom. The molecule has 1 aromatic heterocycles. The molecule has 76 valence electrons. The first-order valence-corrected chi connectivity index (χ1v) is 5.17. The standard InChI is InChI=1S/C11H10N2OS/c15-8-10-12-7-6-11(13-10)14-9-4-2-1-3-5-9/h1-7,15H,8H2. The Bertz CT molecular complexity index is 434. The minimum Gasteiger partial charge on any atom is -0.439 e. The fourth-order valence-electron chi connectivity index (χ4n) is 1.12. The normalized spacial score (nSPS) is 9.93. The van der Waals surface area contributed by atoms with E-state index in [0.717, 1.165) is 5.75 Å². The fraction of sp³-hybridized carbons (Fsp3) is 0.0909. The van der Waals surface area contributed by atoms with E-state index >= 15 is 0 Å². The number of thiol groups is 1. The third kappa shape index (κ3) is 2.70. The molecule has 0 saturated carbocycles. The van der Waals surface area contributed by atoms with E-state index in [1.807, 2.05) is 30.3 Å². The van der Waals surface area contributed by atoms with Crippen LogP contribution in [0.3, 0.4) is 0 Å². The third-order valence-corrected chi connectivity index (χ3v) is 2.07. The Labute approximate surface area is 93.6 Å². The average Bonchev–Trinajstić information content (AvgIpc) is 2.31. The molecular weight excluding hydrogens is 208 g/mol. The molecule has 1 aromatic carbocycles. The predicted molar refractivity (Wildman–Crippen MR) is 61.2 cm³/mol. The monoisotopic (exact) mass is 218 g/mol. The molecular formula is C11H10N2OS. The van der Waals surface area contributed by atoms with Crippen molar-refractivity contribution < 1.29 is 4.74 Å². The van der Waals surface area contributed by atoms with E-state index in [4.69, 9.17) is 4.74 Å². The summed E-state index contributed by atoms with van der Waals surface area (Å²) in [4.78, 5) is 8.21. The van der Waals surface area contributed by atoms with Gasteiger partial charge in [0.2, 0.25) is 5.88 Å². The quantitative estimate of drug-likeness (QED) is 0.804. The Morgan fingerprint density at radius 3 is 2.67 bits per heavy atom. The maximum absolute atomic E-state index is 5.54. The molecule has 0 spiro atoms. The van der Waals surface area contributed by atoms with Crippen LogP contribution in [0.4, 0.5) is 0 Å². The van der Waals surface area contributed by atoms with E-state index < -0.39 is 0 Å². The summed E-state index contributed by atoms with van der Waals surface area (Å²) in [6.07, 6.45) is 1.66. The molecule has 0 aliphatic heterocycles. The minimum absolute atomic E-state index is 0.506. The minimum atomic E-state index is 0.506. The molecule has 0 amide bonds. The first-order chi connectivity index (χ1) is 7.38. The molecule has 0 unspecified atom stereocenters. The van der Waals surface area contributed by atoms with Crippen molar-refractivity contribution in [1.29, 1.82) is 0 Å². The molecule has 0 bridgehead atoms. The molecule has 2 aromatic rings. The fourth-order valence-corrected chi connectivity index (χ4v) is 1.28. The van der Waals surface area contributed by atoms with Gasteiger partial charge in [-0.15, -0.1) is 0 Å². The van der Waals surface area contributed by atoms with Gasteiger partial charge in [-0.1, -0.05) is 18.2 Å². The topological polar surface area (TPSA) is 35.0 Å². The van der Waals surface area contributed by atoms with Gasteiger partial charge in [-0.25, -0.2) is 4.98 Å². The molecule has 15 heavy (non-hydrogen) atoms. The van der Waals surface area contributed by atoms with Gasteiger partial charge in [0.05, 0.1) is 5.75 Å². The highest BCUT2D eigenvalue weighted by atomic mass is 32.1. The summed E-state index contributed by atoms with van der Waals surface area (Å²) in [6, 6.07) is 11.2. The van der Waals surface area contributed by atoms with Crippen LogP contribution >= 0.6 is 12.6 Å². The van der Waals surface area contributed by atoms with Crippen molar-refractivity contribution in [2.24, 2.45) is 0 Å². The number of hydrogen-bond acceptors (Lipinski definition) is 4. The lowest BCUT2D eigenvalue weighted by Gasteiger charge is -2.04. The Balaban J connectivity index is 2.17. The van der Waals surface area contributed by atoms with Crippen LogP contribution in [0.15, 0.2) is 42.6 Å². The lowest BCUT2D eigenvalue weighted by molar-refractivity contribution is 0.459. The largest absolute Gasteiger partial charge is 0.439 e. The number of ether oxygens (including phenoxy) is 1. The molecule has 4 heteroatoms. The summed E-state index contributed by atoms with van der Waals surface area (Å²) < 4.78 is 5.54. The number of para-hydroxylation sites is 1. The second-order valence-electron chi connectivity index (χ2n) is 2.88. The molecule has 0 aliphatic rings. The molecule has 3 nitrogen and oxygen atoms in total. The summed E-state index contributed by atoms with van der Waals surface area (Å²) in [7, 11) is 0. The molecule has 0 atom stereocenters. The summed E-state index contributed by atoms with van der Waals surface area (Å²) in [5, 5.41) is 0. The Kier molecular flexibility index (Phi) is 3.19. The van der Waals surface area contributed by atoms with E-state index in [0.29, 0.717) is 17.5 Å². The smallest absolute Gasteiger partial charge is 0.222 e. The highest BCUT2D eigenvalue weighted by molar-refractivity contribution is 7.79. The lowest BCUT2D eigenvalue weighted by Crippen LogP contribution is -1.93. The van der Waals surface area contributed by atoms with E-state index in [1.165, 1.54) is 0 Å². The van der Waals surface area contributed by atoms with Crippen LogP contribution in [0, 0.1) is 0 Å². The van der Waals surface area contributed by atoms with Crippen molar-refractivity contribution in [3.63, 3.8) is 0 Å². The van der Waals surface area contributed by atoms with Crippen LogP contribution in [-0.4, -0.2) is 9.97 Å². The molecule has 1 heterocycles. The van der Waals surface area contributed by atoms with Crippen LogP contribution in [0.5, 0.6) is 11.6 Å².